The summed E-state index contributed by atoms with van der Waals surface area (Å²) in [6.45, 7) is 2.90. The van der Waals surface area contributed by atoms with Gasteiger partial charge >= 0.3 is 11.9 Å². The molecule has 1 aliphatic rings. The molecule has 3 N–H and O–H groups in total. The molecule has 1 amide bonds. The predicted molar refractivity (Wildman–Crippen MR) is 116 cm³/mol. The van der Waals surface area contributed by atoms with Crippen molar-refractivity contribution in [1.82, 2.24) is 9.97 Å². The van der Waals surface area contributed by atoms with Gasteiger partial charge in [0.1, 0.15) is 22.9 Å². The van der Waals surface area contributed by atoms with Crippen LogP contribution in [0.3, 0.4) is 0 Å². The van der Waals surface area contributed by atoms with Crippen molar-refractivity contribution in [1.29, 1.82) is 0 Å². The van der Waals surface area contributed by atoms with Gasteiger partial charge in [0.2, 0.25) is 11.6 Å². The fraction of sp³-hybridized carbons (Fsp3) is 0.318. The first-order chi connectivity index (χ1) is 15.9. The van der Waals surface area contributed by atoms with Gasteiger partial charge in [-0.05, 0) is 44.0 Å². The smallest absolute Gasteiger partial charge is 0.344 e. The molecule has 2 aromatic heterocycles. The Morgan fingerprint density at radius 3 is 2.82 bits per heavy atom. The van der Waals surface area contributed by atoms with Crippen molar-refractivity contribution in [2.24, 2.45) is 0 Å². The van der Waals surface area contributed by atoms with Crippen molar-refractivity contribution < 1.29 is 33.0 Å². The lowest BCUT2D eigenvalue weighted by Gasteiger charge is -2.17. The molecule has 3 aromatic rings. The van der Waals surface area contributed by atoms with Crippen LogP contribution in [0.2, 0.25) is 0 Å². The number of benzene rings is 1. The summed E-state index contributed by atoms with van der Waals surface area (Å²) in [6.07, 6.45) is 1.01. The maximum atomic E-state index is 12.2. The molecule has 0 radical (unpaired) electrons. The monoisotopic (exact) mass is 454 g/mol. The molecular formula is C22H22N4O7. The summed E-state index contributed by atoms with van der Waals surface area (Å²) in [5.41, 5.74) is 7.96. The Balaban J connectivity index is 1.38. The Hall–Kier alpha value is -4.15. The number of ether oxygens (including phenoxy) is 3. The summed E-state index contributed by atoms with van der Waals surface area (Å²) in [5, 5.41) is 3.04. The quantitative estimate of drug-likeness (QED) is 0.508. The van der Waals surface area contributed by atoms with E-state index in [1.165, 1.54) is 0 Å². The standard InChI is InChI=1S/C22H22N4O7/c1-3-30-22(29)18-11(2)33-21-19(18)20(23)25-15(26-21)9-32-17(28)10-31-13-5-6-14-12(8-13)4-7-16(27)24-14/h5-6,8H,3-4,7,9-10H2,1-2H3,(H,24,27)(H2,23,25,26). The molecule has 11 heteroatoms. The first-order valence-electron chi connectivity index (χ1n) is 10.3. The molecule has 0 saturated heterocycles. The maximum absolute atomic E-state index is 12.2. The van der Waals surface area contributed by atoms with Crippen LogP contribution in [0.1, 0.15) is 40.9 Å². The van der Waals surface area contributed by atoms with Gasteiger partial charge in [-0.2, -0.15) is 4.98 Å². The van der Waals surface area contributed by atoms with E-state index in [2.05, 4.69) is 15.3 Å². The molecule has 0 unspecified atom stereocenters. The Morgan fingerprint density at radius 2 is 2.03 bits per heavy atom. The first-order valence-corrected chi connectivity index (χ1v) is 10.3. The van der Waals surface area contributed by atoms with Crippen molar-refractivity contribution in [3.05, 3.63) is 40.9 Å². The average molecular weight is 454 g/mol. The van der Waals surface area contributed by atoms with E-state index in [1.54, 1.807) is 32.0 Å². The second-order valence-electron chi connectivity index (χ2n) is 7.28. The van der Waals surface area contributed by atoms with E-state index in [-0.39, 0.29) is 54.0 Å². The number of nitrogens with zero attached hydrogens (tertiary/aromatic N) is 2. The number of hydrogen-bond acceptors (Lipinski definition) is 10. The highest BCUT2D eigenvalue weighted by molar-refractivity contribution is 6.07. The third-order valence-corrected chi connectivity index (χ3v) is 4.97. The van der Waals surface area contributed by atoms with Gasteiger partial charge in [0.15, 0.2) is 19.0 Å². The van der Waals surface area contributed by atoms with Gasteiger partial charge in [0.25, 0.3) is 0 Å². The Labute approximate surface area is 188 Å². The number of carbonyl (C=O) groups is 3. The summed E-state index contributed by atoms with van der Waals surface area (Å²) in [4.78, 5) is 44.0. The summed E-state index contributed by atoms with van der Waals surface area (Å²) in [5.74, 6) is -0.318. The summed E-state index contributed by atoms with van der Waals surface area (Å²) in [6, 6.07) is 5.17. The lowest BCUT2D eigenvalue weighted by Crippen LogP contribution is -2.19. The Morgan fingerprint density at radius 1 is 1.21 bits per heavy atom. The van der Waals surface area contributed by atoms with Crippen LogP contribution < -0.4 is 15.8 Å². The predicted octanol–water partition coefficient (Wildman–Crippen LogP) is 2.30. The largest absolute Gasteiger partial charge is 0.482 e. The number of amides is 1. The molecule has 0 saturated carbocycles. The van der Waals surface area contributed by atoms with Crippen molar-refractivity contribution >= 4 is 40.5 Å². The highest BCUT2D eigenvalue weighted by atomic mass is 16.6. The number of rotatable bonds is 7. The molecule has 11 nitrogen and oxygen atoms in total. The second kappa shape index (κ2) is 9.15. The third-order valence-electron chi connectivity index (χ3n) is 4.97. The Bertz CT molecular complexity index is 1250. The second-order valence-corrected chi connectivity index (χ2v) is 7.28. The zero-order chi connectivity index (χ0) is 23.5. The number of fused-ring (bicyclic) bond motifs is 2. The number of nitrogen functional groups attached to an aromatic ring is 1. The van der Waals surface area contributed by atoms with Crippen LogP contribution in [0.15, 0.2) is 22.6 Å². The van der Waals surface area contributed by atoms with Crippen molar-refractivity contribution in [3.63, 3.8) is 0 Å². The first kappa shape index (κ1) is 22.1. The number of aromatic nitrogens is 2. The molecule has 0 atom stereocenters. The molecule has 0 bridgehead atoms. The number of anilines is 2. The van der Waals surface area contributed by atoms with Crippen LogP contribution in [-0.4, -0.2) is 41.0 Å². The minimum atomic E-state index is -0.633. The molecule has 172 valence electrons. The molecule has 0 aliphatic carbocycles. The molecule has 33 heavy (non-hydrogen) atoms. The summed E-state index contributed by atoms with van der Waals surface area (Å²) < 4.78 is 21.2. The van der Waals surface area contributed by atoms with Crippen LogP contribution >= 0.6 is 0 Å². The molecular weight excluding hydrogens is 432 g/mol. The van der Waals surface area contributed by atoms with Crippen LogP contribution in [-0.2, 0) is 32.1 Å². The number of furan rings is 1. The van der Waals surface area contributed by atoms with Gasteiger partial charge in [0, 0.05) is 12.1 Å². The topological polar surface area (TPSA) is 156 Å². The minimum absolute atomic E-state index is 0.0170. The molecule has 3 heterocycles. The number of nitrogens with two attached hydrogens (primary N) is 1. The zero-order valence-corrected chi connectivity index (χ0v) is 18.1. The SMILES string of the molecule is CCOC(=O)c1c(C)oc2nc(COC(=O)COc3ccc4c(c3)CCC(=O)N4)nc(N)c12. The fourth-order valence-electron chi connectivity index (χ4n) is 3.48. The highest BCUT2D eigenvalue weighted by Crippen LogP contribution is 2.29. The maximum Gasteiger partial charge on any atom is 0.344 e. The van der Waals surface area contributed by atoms with Crippen molar-refractivity contribution in [2.75, 3.05) is 24.3 Å². The number of hydrogen-bond donors (Lipinski definition) is 2. The molecule has 1 aliphatic heterocycles. The van der Waals surface area contributed by atoms with Crippen LogP contribution in [0.25, 0.3) is 11.1 Å². The van der Waals surface area contributed by atoms with Crippen molar-refractivity contribution in [2.45, 2.75) is 33.3 Å². The van der Waals surface area contributed by atoms with E-state index < -0.39 is 11.9 Å². The number of carbonyl (C=O) groups excluding carboxylic acids is 3. The number of esters is 2. The molecule has 0 fully saturated rings. The van der Waals surface area contributed by atoms with E-state index in [9.17, 15) is 14.4 Å². The van der Waals surface area contributed by atoms with Crippen LogP contribution in [0, 0.1) is 6.92 Å². The fourth-order valence-corrected chi connectivity index (χ4v) is 3.48. The normalized spacial score (nSPS) is 12.7. The van der Waals surface area contributed by atoms with Gasteiger partial charge in [-0.15, -0.1) is 0 Å². The van der Waals surface area contributed by atoms with E-state index in [0.717, 1.165) is 11.3 Å². The van der Waals surface area contributed by atoms with E-state index in [0.29, 0.717) is 24.4 Å². The van der Waals surface area contributed by atoms with Gasteiger partial charge < -0.3 is 29.7 Å². The van der Waals surface area contributed by atoms with Gasteiger partial charge in [-0.1, -0.05) is 0 Å². The highest BCUT2D eigenvalue weighted by Gasteiger charge is 2.24. The van der Waals surface area contributed by atoms with Gasteiger partial charge in [0.05, 0.1) is 12.0 Å². The van der Waals surface area contributed by atoms with E-state index in [4.69, 9.17) is 24.4 Å². The number of nitrogens with one attached hydrogen (secondary N) is 1. The third kappa shape index (κ3) is 4.71. The molecule has 1 aromatic carbocycles. The summed E-state index contributed by atoms with van der Waals surface area (Å²) in [7, 11) is 0. The van der Waals surface area contributed by atoms with Crippen LogP contribution in [0.4, 0.5) is 11.5 Å². The summed E-state index contributed by atoms with van der Waals surface area (Å²) >= 11 is 0. The zero-order valence-electron chi connectivity index (χ0n) is 18.1. The molecule has 0 spiro atoms. The lowest BCUT2D eigenvalue weighted by molar-refractivity contribution is -0.147. The van der Waals surface area contributed by atoms with Crippen molar-refractivity contribution in [3.8, 4) is 5.75 Å². The molecule has 4 rings (SSSR count). The van der Waals surface area contributed by atoms with Gasteiger partial charge in [-0.25, -0.2) is 14.6 Å². The minimum Gasteiger partial charge on any atom is -0.482 e. The lowest BCUT2D eigenvalue weighted by atomic mass is 10.0. The number of aryl methyl sites for hydroxylation is 2. The van der Waals surface area contributed by atoms with E-state index in [1.807, 2.05) is 0 Å². The average Bonchev–Trinajstić information content (AvgIpc) is 3.12. The van der Waals surface area contributed by atoms with Gasteiger partial charge in [-0.3, -0.25) is 4.79 Å². The Kier molecular flexibility index (Phi) is 6.11. The van der Waals surface area contributed by atoms with Crippen LogP contribution in [0.5, 0.6) is 5.75 Å². The van der Waals surface area contributed by atoms with E-state index >= 15 is 0 Å².